The van der Waals surface area contributed by atoms with Crippen molar-refractivity contribution < 1.29 is 18.9 Å². The first-order valence-corrected chi connectivity index (χ1v) is 53.1. The van der Waals surface area contributed by atoms with Gasteiger partial charge in [0.15, 0.2) is 16.1 Å². The number of aromatic nitrogens is 11. The van der Waals surface area contributed by atoms with Gasteiger partial charge in [0.1, 0.15) is 46.0 Å². The first kappa shape index (κ1) is 80.5. The minimum Gasteiger partial charge on any atom is -0.458 e. The lowest BCUT2D eigenvalue weighted by Gasteiger charge is -2.35. The molecular formula is C124H80B2N12O4Si2. The molecule has 5 aliphatic heterocycles. The van der Waals surface area contributed by atoms with E-state index in [0.717, 1.165) is 202 Å². The van der Waals surface area contributed by atoms with Crippen LogP contribution in [-0.2, 0) is 0 Å². The van der Waals surface area contributed by atoms with Crippen LogP contribution in [0.25, 0.3) is 112 Å². The fourth-order valence-corrected chi connectivity index (χ4v) is 34.5. The smallest absolute Gasteiger partial charge is 0.260 e. The van der Waals surface area contributed by atoms with Crippen molar-refractivity contribution in [1.82, 2.24) is 51.4 Å². The van der Waals surface area contributed by atoms with Crippen LogP contribution in [0.4, 0.5) is 11.6 Å². The lowest BCUT2D eigenvalue weighted by Crippen LogP contribution is -2.74. The molecule has 0 bridgehead atoms. The molecule has 26 aromatic rings. The summed E-state index contributed by atoms with van der Waals surface area (Å²) in [4.78, 5) is 24.0. The predicted molar refractivity (Wildman–Crippen MR) is 588 cm³/mol. The number of hydrogen-bond donors (Lipinski definition) is 0. The fraction of sp³-hybridized carbons (Fsp3) is 0.0161. The Morgan fingerprint density at radius 2 is 0.535 bits per heavy atom. The Morgan fingerprint density at radius 3 is 0.993 bits per heavy atom. The molecule has 6 aliphatic rings. The first-order chi connectivity index (χ1) is 71.4. The van der Waals surface area contributed by atoms with Crippen molar-refractivity contribution in [3.63, 3.8) is 0 Å². The number of para-hydroxylation sites is 14. The van der Waals surface area contributed by atoms with E-state index in [1.165, 1.54) is 41.5 Å². The van der Waals surface area contributed by atoms with Gasteiger partial charge in [-0.15, -0.1) is 0 Å². The molecule has 7 aromatic heterocycles. The third-order valence-corrected chi connectivity index (χ3v) is 40.3. The number of fused-ring (bicyclic) bond motifs is 28. The van der Waals surface area contributed by atoms with E-state index in [1.54, 1.807) is 0 Å². The van der Waals surface area contributed by atoms with Crippen LogP contribution in [0.1, 0.15) is 6.04 Å². The van der Waals surface area contributed by atoms with Crippen LogP contribution < -0.4 is 98.1 Å². The Morgan fingerprint density at radius 1 is 0.215 bits per heavy atom. The number of hydrogen-bond acceptors (Lipinski definition) is 9. The van der Waals surface area contributed by atoms with Gasteiger partial charge in [-0.1, -0.05) is 315 Å². The summed E-state index contributed by atoms with van der Waals surface area (Å²) in [6, 6.07) is 162. The zero-order valence-electron chi connectivity index (χ0n) is 77.3. The van der Waals surface area contributed by atoms with Crippen LogP contribution in [0, 0.1) is 0 Å². The minimum atomic E-state index is -3.16. The van der Waals surface area contributed by atoms with Crippen LogP contribution >= 0.6 is 0 Å². The molecule has 2 atom stereocenters. The van der Waals surface area contributed by atoms with Gasteiger partial charge in [0.2, 0.25) is 23.3 Å². The van der Waals surface area contributed by atoms with E-state index in [1.807, 2.05) is 24.3 Å². The summed E-state index contributed by atoms with van der Waals surface area (Å²) >= 11 is 0. The van der Waals surface area contributed by atoms with Gasteiger partial charge in [-0.3, -0.25) is 26.9 Å². The van der Waals surface area contributed by atoms with Gasteiger partial charge < -0.3 is 28.4 Å². The summed E-state index contributed by atoms with van der Waals surface area (Å²) in [5.41, 5.74) is 25.1. The van der Waals surface area contributed by atoms with Gasteiger partial charge in [0, 0.05) is 46.6 Å². The average Bonchev–Trinajstić information content (AvgIpc) is 1.51. The molecule has 16 nitrogen and oxygen atoms in total. The van der Waals surface area contributed by atoms with Gasteiger partial charge >= 0.3 is 0 Å². The molecule has 32 rings (SSSR count). The molecule has 20 heteroatoms. The third kappa shape index (κ3) is 11.5. The highest BCUT2D eigenvalue weighted by Crippen LogP contribution is 2.47. The quantitative estimate of drug-likeness (QED) is 0.0868. The number of imidazole rings is 7. The summed E-state index contributed by atoms with van der Waals surface area (Å²) in [6.07, 6.45) is 8.98. The lowest BCUT2D eigenvalue weighted by atomic mass is 9.35. The third-order valence-electron chi connectivity index (χ3n) is 30.8. The minimum absolute atomic E-state index is 0.0102. The number of rotatable bonds is 12. The molecule has 0 amide bonds. The summed E-state index contributed by atoms with van der Waals surface area (Å²) in [5.74, 6) is 10.0. The Balaban J connectivity index is 0.000000131. The van der Waals surface area contributed by atoms with Crippen molar-refractivity contribution in [3.05, 3.63) is 473 Å². The predicted octanol–water partition coefficient (Wildman–Crippen LogP) is 18.4. The summed E-state index contributed by atoms with van der Waals surface area (Å²) in [6.45, 7) is -0.0323. The average molecular weight is 1880 g/mol. The number of benzene rings is 19. The maximum atomic E-state index is 6.85. The molecule has 0 radical (unpaired) electrons. The zero-order chi connectivity index (χ0) is 94.1. The van der Waals surface area contributed by atoms with Crippen molar-refractivity contribution in [2.24, 2.45) is 0 Å². The molecule has 0 saturated carbocycles. The fourth-order valence-electron chi connectivity index (χ4n) is 24.9. The van der Waals surface area contributed by atoms with Gasteiger partial charge in [-0.05, 0) is 197 Å². The van der Waals surface area contributed by atoms with E-state index in [2.05, 4.69) is 485 Å². The van der Waals surface area contributed by atoms with Gasteiger partial charge in [0.05, 0.1) is 101 Å². The van der Waals surface area contributed by atoms with Crippen LogP contribution in [-0.4, -0.2) is 87.0 Å². The summed E-state index contributed by atoms with van der Waals surface area (Å²) in [7, 11) is -6.26. The van der Waals surface area contributed by atoms with Crippen LogP contribution in [0.5, 0.6) is 46.0 Å². The molecule has 144 heavy (non-hydrogen) atoms. The molecule has 0 spiro atoms. The maximum absolute atomic E-state index is 6.85. The lowest BCUT2D eigenvalue weighted by molar-refractivity contribution is 0.463. The standard InChI is InChI=1S/C62H39BN6O2Si.C62H41BN6O2Si/c1-3-19-42(20-4-1)72(43-21-5-2-6-22-43,44-23-17-18-40(36-44)66-52-30-13-14-31-53(52)68-50-28-11-9-26-48(50)64-61(66)68)45-34-35-54-55(39-45)69-51-29-12-10-27-49(51)65-62(69)67(54)41-37-58-60-59(38-41)71-57-33-16-8-25-47(57)63(60)46-24-7-15-32-56(46)70-58;1-3-19-42(20-4-1)72(43-21-5-2-6-22-43,44-23-17-18-40(36-44)66-51-28-11-13-30-53(51)68-50-27-10-9-26-48(50)64-61(66)68)45-34-35-49-55(39-45)69-54-31-14-12-29-52(54)67(62(69)65-49)41-37-58-60-59(38-41)71-57-33-16-8-25-47(57)63(60)46-24-7-15-32-56(46)70-58/h1-39H;1-39,51,53H. The SMILES string of the molecule is C1=CC2C(C=C1)n1c(nc3ccccc31)N2c1cccc([Si](c2ccccc2)(c2ccccc2)c2ccc3nc4n(-c5cc6c7c(c5)Oc5ccccc5B7c5ccccc5O6)c5ccccc5n4c3c2)c1.c1ccc([Si](c2ccccc2)(c2cccc(-n3c4ccccc4n4c5ccccc5nc34)c2)c2ccc3c(c2)n2c4ccccc4nc2n3-c2cc3c4c(c2)Oc2ccccc2B4c2ccccc2O3)cc1. The highest BCUT2D eigenvalue weighted by molar-refractivity contribution is 7.20. The number of ether oxygens (including phenoxy) is 4. The second-order valence-corrected chi connectivity index (χ2v) is 45.8. The molecule has 19 aromatic carbocycles. The van der Waals surface area contributed by atoms with Crippen LogP contribution in [0.3, 0.4) is 0 Å². The Hall–Kier alpha value is -18.5. The topological polar surface area (TPSA) is 125 Å². The summed E-state index contributed by atoms with van der Waals surface area (Å²) in [5, 5.41) is 10.2. The molecule has 1 aliphatic carbocycles. The van der Waals surface area contributed by atoms with Crippen LogP contribution in [0.15, 0.2) is 473 Å². The van der Waals surface area contributed by atoms with E-state index in [-0.39, 0.29) is 25.5 Å². The van der Waals surface area contributed by atoms with Gasteiger partial charge in [-0.2, -0.15) is 0 Å². The second kappa shape index (κ2) is 31.0. The monoisotopic (exact) mass is 1880 g/mol. The van der Waals surface area contributed by atoms with Crippen molar-refractivity contribution >= 4 is 210 Å². The van der Waals surface area contributed by atoms with E-state index in [9.17, 15) is 0 Å². The normalized spacial score (nSPS) is 14.5. The van der Waals surface area contributed by atoms with Gasteiger partial charge in [0.25, 0.3) is 13.4 Å². The van der Waals surface area contributed by atoms with Gasteiger partial charge in [-0.25, -0.2) is 19.9 Å². The molecule has 0 saturated heterocycles. The number of nitrogens with zero attached hydrogens (tertiary/aromatic N) is 12. The van der Waals surface area contributed by atoms with Crippen molar-refractivity contribution in [2.45, 2.75) is 12.1 Å². The molecule has 0 N–H and O–H groups in total. The Labute approximate surface area is 827 Å². The van der Waals surface area contributed by atoms with Crippen molar-refractivity contribution in [3.8, 4) is 63.1 Å². The zero-order valence-corrected chi connectivity index (χ0v) is 79.3. The van der Waals surface area contributed by atoms with E-state index >= 15 is 0 Å². The second-order valence-electron chi connectivity index (χ2n) is 38.2. The Bertz CT molecular complexity index is 9760. The van der Waals surface area contributed by atoms with Crippen LogP contribution in [0.2, 0.25) is 0 Å². The van der Waals surface area contributed by atoms with E-state index in [0.29, 0.717) is 0 Å². The summed E-state index contributed by atoms with van der Waals surface area (Å²) < 4.78 is 43.6. The first-order valence-electron chi connectivity index (χ1n) is 49.1. The highest BCUT2D eigenvalue weighted by atomic mass is 28.3. The van der Waals surface area contributed by atoms with E-state index < -0.39 is 16.1 Å². The highest BCUT2D eigenvalue weighted by Gasteiger charge is 2.49. The Kier molecular flexibility index (Phi) is 17.3. The molecular weight excluding hydrogens is 1800 g/mol. The maximum Gasteiger partial charge on any atom is 0.260 e. The molecule has 2 unspecified atom stereocenters. The number of allylic oxidation sites excluding steroid dienone is 2. The largest absolute Gasteiger partial charge is 0.458 e. The number of anilines is 2. The van der Waals surface area contributed by atoms with Crippen molar-refractivity contribution in [1.29, 1.82) is 0 Å². The molecule has 0 fully saturated rings. The molecule has 12 heterocycles. The molecule has 674 valence electrons. The van der Waals surface area contributed by atoms with E-state index in [4.69, 9.17) is 38.9 Å². The van der Waals surface area contributed by atoms with Crippen molar-refractivity contribution in [2.75, 3.05) is 4.90 Å².